The van der Waals surface area contributed by atoms with Crippen molar-refractivity contribution in [3.63, 3.8) is 0 Å². The third-order valence-electron chi connectivity index (χ3n) is 6.45. The molecule has 0 spiro atoms. The van der Waals surface area contributed by atoms with Crippen molar-refractivity contribution in [3.8, 4) is 22.1 Å². The molecule has 2 heterocycles. The van der Waals surface area contributed by atoms with Gasteiger partial charge in [0.25, 0.3) is 0 Å². The average molecular weight is 578 g/mol. The summed E-state index contributed by atoms with van der Waals surface area (Å²) < 4.78 is 6.34. The first-order valence-corrected chi connectivity index (χ1v) is 14.9. The number of anilines is 1. The van der Waals surface area contributed by atoms with Gasteiger partial charge in [-0.15, -0.1) is 0 Å². The minimum Gasteiger partial charge on any atom is -0.444 e. The van der Waals surface area contributed by atoms with Crippen molar-refractivity contribution in [3.05, 3.63) is 86.8 Å². The molecule has 0 bridgehead atoms. The van der Waals surface area contributed by atoms with Crippen molar-refractivity contribution in [2.45, 2.75) is 65.2 Å². The molecule has 1 N–H and O–H groups in total. The van der Waals surface area contributed by atoms with E-state index in [2.05, 4.69) is 83.3 Å². The van der Waals surface area contributed by atoms with Crippen LogP contribution in [0.2, 0.25) is 0 Å². The number of hydrogen-bond acceptors (Lipinski definition) is 8. The van der Waals surface area contributed by atoms with Crippen LogP contribution in [0.4, 0.5) is 10.1 Å². The standard InChI is InChI=1S/C31H35N3O4S2/c1-30(2,3)21-11-9-20(10-12-21)27-28(38-23-15-13-22(14-16-23)31(4,5)6)40-29(33-27)32-19-7-8-24(35)25-17-18-26(39-25)34(36)37/h9-18H,7-8,19H2,1-6H3,(H,32,33). The van der Waals surface area contributed by atoms with Gasteiger partial charge in [0.2, 0.25) is 5.06 Å². The molecule has 0 aliphatic rings. The molecule has 0 unspecified atom stereocenters. The van der Waals surface area contributed by atoms with E-state index in [1.807, 2.05) is 12.1 Å². The van der Waals surface area contributed by atoms with Crippen molar-refractivity contribution >= 4 is 38.6 Å². The Bertz CT molecular complexity index is 1470. The Labute approximate surface area is 243 Å². The van der Waals surface area contributed by atoms with E-state index in [0.29, 0.717) is 34.5 Å². The van der Waals surface area contributed by atoms with Gasteiger partial charge in [0, 0.05) is 24.6 Å². The monoisotopic (exact) mass is 577 g/mol. The lowest BCUT2D eigenvalue weighted by molar-refractivity contribution is -0.380. The molecule has 0 radical (unpaired) electrons. The van der Waals surface area contributed by atoms with Crippen molar-refractivity contribution in [1.82, 2.24) is 4.98 Å². The number of aromatic nitrogens is 1. The van der Waals surface area contributed by atoms with Gasteiger partial charge in [-0.3, -0.25) is 14.9 Å². The van der Waals surface area contributed by atoms with E-state index < -0.39 is 4.92 Å². The Balaban J connectivity index is 1.49. The van der Waals surface area contributed by atoms with E-state index in [-0.39, 0.29) is 21.6 Å². The van der Waals surface area contributed by atoms with Gasteiger partial charge in [-0.25, -0.2) is 4.98 Å². The topological polar surface area (TPSA) is 94.4 Å². The van der Waals surface area contributed by atoms with Crippen molar-refractivity contribution in [2.24, 2.45) is 0 Å². The van der Waals surface area contributed by atoms with Crippen LogP contribution in [0.15, 0.2) is 60.7 Å². The van der Waals surface area contributed by atoms with E-state index >= 15 is 0 Å². The molecule has 210 valence electrons. The highest BCUT2D eigenvalue weighted by Crippen LogP contribution is 2.41. The van der Waals surface area contributed by atoms with E-state index in [4.69, 9.17) is 9.72 Å². The Morgan fingerprint density at radius 3 is 2.05 bits per heavy atom. The number of nitrogens with one attached hydrogen (secondary N) is 1. The minimum atomic E-state index is -0.474. The molecule has 0 aliphatic carbocycles. The number of thiophene rings is 1. The summed E-state index contributed by atoms with van der Waals surface area (Å²) in [6.07, 6.45) is 0.866. The van der Waals surface area contributed by atoms with E-state index in [9.17, 15) is 14.9 Å². The summed E-state index contributed by atoms with van der Waals surface area (Å²) in [7, 11) is 0. The zero-order chi connectivity index (χ0) is 29.1. The van der Waals surface area contributed by atoms with Crippen LogP contribution in [0.25, 0.3) is 11.3 Å². The second-order valence-electron chi connectivity index (χ2n) is 11.7. The first-order valence-electron chi connectivity index (χ1n) is 13.2. The molecule has 0 atom stereocenters. The van der Waals surface area contributed by atoms with Crippen LogP contribution in [0, 0.1) is 10.1 Å². The first kappa shape index (κ1) is 29.4. The maximum absolute atomic E-state index is 12.4. The second-order valence-corrected chi connectivity index (χ2v) is 13.7. The van der Waals surface area contributed by atoms with Gasteiger partial charge in [-0.2, -0.15) is 0 Å². The lowest BCUT2D eigenvalue weighted by atomic mass is 9.86. The number of carbonyl (C=O) groups excluding carboxylic acids is 1. The molecule has 4 aromatic rings. The zero-order valence-electron chi connectivity index (χ0n) is 23.7. The van der Waals surface area contributed by atoms with Gasteiger partial charge in [-0.05, 0) is 46.6 Å². The highest BCUT2D eigenvalue weighted by molar-refractivity contribution is 7.18. The first-order chi connectivity index (χ1) is 18.8. The number of nitrogens with zero attached hydrogens (tertiary/aromatic N) is 2. The minimum absolute atomic E-state index is 0.0205. The Hall–Kier alpha value is -3.56. The third-order valence-corrected chi connectivity index (χ3v) is 8.42. The van der Waals surface area contributed by atoms with Gasteiger partial charge < -0.3 is 10.1 Å². The highest BCUT2D eigenvalue weighted by atomic mass is 32.1. The molecule has 7 nitrogen and oxygen atoms in total. The molecule has 40 heavy (non-hydrogen) atoms. The molecule has 0 amide bonds. The Morgan fingerprint density at radius 1 is 0.900 bits per heavy atom. The summed E-state index contributed by atoms with van der Waals surface area (Å²) in [6, 6.07) is 19.5. The number of thiazole rings is 1. The number of hydrogen-bond donors (Lipinski definition) is 1. The quantitative estimate of drug-likeness (QED) is 0.0873. The summed E-state index contributed by atoms with van der Waals surface area (Å²) >= 11 is 2.34. The summed E-state index contributed by atoms with van der Waals surface area (Å²) in [6.45, 7) is 13.6. The number of ether oxygens (including phenoxy) is 1. The largest absolute Gasteiger partial charge is 0.444 e. The van der Waals surface area contributed by atoms with Gasteiger partial charge in [0.05, 0.1) is 9.80 Å². The molecule has 4 rings (SSSR count). The fourth-order valence-electron chi connectivity index (χ4n) is 4.03. The lowest BCUT2D eigenvalue weighted by Crippen LogP contribution is -2.10. The van der Waals surface area contributed by atoms with Crippen LogP contribution < -0.4 is 10.1 Å². The molecule has 2 aromatic carbocycles. The van der Waals surface area contributed by atoms with E-state index in [1.165, 1.54) is 34.6 Å². The molecule has 9 heteroatoms. The summed E-state index contributed by atoms with van der Waals surface area (Å²) in [5.74, 6) is 0.646. The molecule has 0 saturated heterocycles. The molecular weight excluding hydrogens is 542 g/mol. The molecule has 0 fully saturated rings. The maximum Gasteiger partial charge on any atom is 0.324 e. The second kappa shape index (κ2) is 11.9. The van der Waals surface area contributed by atoms with Gasteiger partial charge >= 0.3 is 5.00 Å². The zero-order valence-corrected chi connectivity index (χ0v) is 25.4. The van der Waals surface area contributed by atoms with E-state index in [1.54, 1.807) is 0 Å². The number of nitro groups is 1. The molecule has 2 aromatic heterocycles. The predicted octanol–water partition coefficient (Wildman–Crippen LogP) is 9.24. The Morgan fingerprint density at radius 2 is 1.50 bits per heavy atom. The van der Waals surface area contributed by atoms with Crippen molar-refractivity contribution in [1.29, 1.82) is 0 Å². The number of rotatable bonds is 10. The van der Waals surface area contributed by atoms with Gasteiger partial charge in [0.1, 0.15) is 11.4 Å². The van der Waals surface area contributed by atoms with Crippen LogP contribution >= 0.6 is 22.7 Å². The Kier molecular flexibility index (Phi) is 8.75. The number of Topliss-reactive ketones (excluding diaryl/α,β-unsaturated/α-hetero) is 1. The normalized spacial score (nSPS) is 11.8. The number of carbonyl (C=O) groups is 1. The van der Waals surface area contributed by atoms with Crippen molar-refractivity contribution < 1.29 is 14.5 Å². The molecule has 0 aliphatic heterocycles. The fraction of sp³-hybridized carbons (Fsp3) is 0.355. The number of benzene rings is 2. The van der Waals surface area contributed by atoms with Crippen LogP contribution in [0.3, 0.4) is 0 Å². The maximum atomic E-state index is 12.4. The summed E-state index contributed by atoms with van der Waals surface area (Å²) in [5, 5.41) is 15.6. The van der Waals surface area contributed by atoms with Crippen LogP contribution in [-0.2, 0) is 10.8 Å². The number of ketones is 1. The van der Waals surface area contributed by atoms with Gasteiger partial charge in [-0.1, -0.05) is 101 Å². The third kappa shape index (κ3) is 7.34. The summed E-state index contributed by atoms with van der Waals surface area (Å²) in [5.41, 5.74) is 4.30. The highest BCUT2D eigenvalue weighted by Gasteiger charge is 2.20. The fourth-order valence-corrected chi connectivity index (χ4v) is 5.71. The molecule has 0 saturated carbocycles. The van der Waals surface area contributed by atoms with Gasteiger partial charge in [0.15, 0.2) is 10.9 Å². The van der Waals surface area contributed by atoms with Crippen LogP contribution in [0.1, 0.15) is 75.2 Å². The molecular formula is C31H35N3O4S2. The lowest BCUT2D eigenvalue weighted by Gasteiger charge is -2.19. The van der Waals surface area contributed by atoms with Crippen molar-refractivity contribution in [2.75, 3.05) is 11.9 Å². The predicted molar refractivity (Wildman–Crippen MR) is 164 cm³/mol. The summed E-state index contributed by atoms with van der Waals surface area (Å²) in [4.78, 5) is 28.1. The smallest absolute Gasteiger partial charge is 0.324 e. The average Bonchev–Trinajstić information content (AvgIpc) is 3.54. The van der Waals surface area contributed by atoms with Crippen LogP contribution in [0.5, 0.6) is 10.8 Å². The van der Waals surface area contributed by atoms with E-state index in [0.717, 1.165) is 28.3 Å². The van der Waals surface area contributed by atoms with Crippen LogP contribution in [-0.4, -0.2) is 22.2 Å². The SMILES string of the molecule is CC(C)(C)c1ccc(Oc2sc(NCCCC(=O)c3ccc([N+](=O)[O-])s3)nc2-c2ccc(C(C)(C)C)cc2)cc1.